The first kappa shape index (κ1) is 21.1. The van der Waals surface area contributed by atoms with Gasteiger partial charge in [0.05, 0.1) is 25.7 Å². The molecule has 10 heteroatoms. The number of aryl methyl sites for hydroxylation is 1. The van der Waals surface area contributed by atoms with Crippen LogP contribution in [0.5, 0.6) is 5.75 Å². The van der Waals surface area contributed by atoms with Crippen LogP contribution in [0.4, 0.5) is 5.82 Å². The average Bonchev–Trinajstić information content (AvgIpc) is 3.42. The van der Waals surface area contributed by atoms with Gasteiger partial charge in [-0.3, -0.25) is 14.2 Å². The second-order valence-electron chi connectivity index (χ2n) is 7.74. The minimum absolute atomic E-state index is 0.0197. The fraction of sp³-hybridized carbons (Fsp3) is 0.476. The highest BCUT2D eigenvalue weighted by Crippen LogP contribution is 2.33. The van der Waals surface area contributed by atoms with Crippen molar-refractivity contribution in [3.8, 4) is 5.75 Å². The topological polar surface area (TPSA) is 129 Å². The number of aliphatic hydroxyl groups is 1. The van der Waals surface area contributed by atoms with Crippen molar-refractivity contribution in [2.45, 2.75) is 38.0 Å². The SMILES string of the molecule is O=C(CCc1ccc(O)cc1)NCCN1CNc2c(ncn2[C@H]2CC[C@@H](CO)O2)C1=O. The molecule has 2 aliphatic rings. The molecule has 0 bridgehead atoms. The number of amides is 2. The lowest BCUT2D eigenvalue weighted by atomic mass is 10.1. The summed E-state index contributed by atoms with van der Waals surface area (Å²) >= 11 is 0. The molecule has 3 heterocycles. The van der Waals surface area contributed by atoms with Crippen molar-refractivity contribution in [3.05, 3.63) is 41.9 Å². The molecule has 166 valence electrons. The molecule has 2 atom stereocenters. The van der Waals surface area contributed by atoms with Crippen molar-refractivity contribution in [3.63, 3.8) is 0 Å². The number of aliphatic hydroxyl groups excluding tert-OH is 1. The highest BCUT2D eigenvalue weighted by atomic mass is 16.5. The van der Waals surface area contributed by atoms with Gasteiger partial charge in [-0.05, 0) is 37.0 Å². The minimum Gasteiger partial charge on any atom is -0.508 e. The van der Waals surface area contributed by atoms with Gasteiger partial charge in [0.25, 0.3) is 5.91 Å². The highest BCUT2D eigenvalue weighted by Gasteiger charge is 2.33. The number of nitrogens with one attached hydrogen (secondary N) is 2. The smallest absolute Gasteiger partial charge is 0.277 e. The summed E-state index contributed by atoms with van der Waals surface area (Å²) in [6.07, 6.45) is 3.60. The van der Waals surface area contributed by atoms with Gasteiger partial charge in [0.1, 0.15) is 17.8 Å². The molecule has 4 rings (SSSR count). The maximum absolute atomic E-state index is 12.8. The van der Waals surface area contributed by atoms with Gasteiger partial charge in [-0.1, -0.05) is 12.1 Å². The molecule has 4 N–H and O–H groups in total. The van der Waals surface area contributed by atoms with E-state index in [1.807, 2.05) is 4.57 Å². The van der Waals surface area contributed by atoms with Crippen LogP contribution < -0.4 is 10.6 Å². The van der Waals surface area contributed by atoms with Crippen molar-refractivity contribution < 1.29 is 24.5 Å². The Labute approximate surface area is 179 Å². The molecule has 0 unspecified atom stereocenters. The largest absolute Gasteiger partial charge is 0.508 e. The summed E-state index contributed by atoms with van der Waals surface area (Å²) in [7, 11) is 0. The van der Waals surface area contributed by atoms with Crippen LogP contribution in [-0.2, 0) is 16.0 Å². The van der Waals surface area contributed by atoms with Gasteiger partial charge in [-0.25, -0.2) is 4.98 Å². The van der Waals surface area contributed by atoms with Gasteiger partial charge in [0.2, 0.25) is 5.91 Å². The molecule has 2 aromatic rings. The van der Waals surface area contributed by atoms with E-state index >= 15 is 0 Å². The Morgan fingerprint density at radius 1 is 1.29 bits per heavy atom. The Bertz CT molecular complexity index is 929. The molecule has 1 aromatic carbocycles. The fourth-order valence-electron chi connectivity index (χ4n) is 3.85. The van der Waals surface area contributed by atoms with E-state index in [-0.39, 0.29) is 36.5 Å². The molecule has 0 saturated carbocycles. The first-order chi connectivity index (χ1) is 15.0. The summed E-state index contributed by atoms with van der Waals surface area (Å²) in [5, 5.41) is 24.6. The van der Waals surface area contributed by atoms with E-state index in [0.29, 0.717) is 44.1 Å². The Balaban J connectivity index is 1.24. The summed E-state index contributed by atoms with van der Waals surface area (Å²) in [5.41, 5.74) is 1.31. The third-order valence-corrected chi connectivity index (χ3v) is 5.60. The molecule has 31 heavy (non-hydrogen) atoms. The predicted octanol–water partition coefficient (Wildman–Crippen LogP) is 0.833. The second-order valence-corrected chi connectivity index (χ2v) is 7.74. The number of ether oxygens (including phenoxy) is 1. The second kappa shape index (κ2) is 9.36. The molecule has 1 fully saturated rings. The number of nitrogens with zero attached hydrogens (tertiary/aromatic N) is 3. The van der Waals surface area contributed by atoms with Crippen LogP contribution in [0.2, 0.25) is 0 Å². The molecule has 2 aliphatic heterocycles. The van der Waals surface area contributed by atoms with E-state index in [2.05, 4.69) is 15.6 Å². The number of imidazole rings is 1. The minimum atomic E-state index is -0.242. The summed E-state index contributed by atoms with van der Waals surface area (Å²) in [5.74, 6) is 0.545. The molecule has 1 saturated heterocycles. The zero-order valence-corrected chi connectivity index (χ0v) is 17.2. The first-order valence-corrected chi connectivity index (χ1v) is 10.5. The van der Waals surface area contributed by atoms with E-state index in [1.165, 1.54) is 0 Å². The summed E-state index contributed by atoms with van der Waals surface area (Å²) in [6, 6.07) is 6.78. The summed E-state index contributed by atoms with van der Waals surface area (Å²) in [6.45, 7) is 1.02. The standard InChI is InChI=1S/C21H27N5O5/c27-11-16-6-8-18(31-16)26-13-23-19-20(26)24-12-25(21(19)30)10-9-22-17(29)7-3-14-1-4-15(28)5-2-14/h1-2,4-5,13,16,18,24,27-28H,3,6-12H2,(H,22,29)/t16-,18+/m0/s1. The van der Waals surface area contributed by atoms with Crippen molar-refractivity contribution in [1.29, 1.82) is 0 Å². The normalized spacial score (nSPS) is 20.4. The van der Waals surface area contributed by atoms with Gasteiger partial charge >= 0.3 is 0 Å². The number of carbonyl (C=O) groups excluding carboxylic acids is 2. The molecule has 0 radical (unpaired) electrons. The van der Waals surface area contributed by atoms with Gasteiger partial charge in [0, 0.05) is 19.5 Å². The summed E-state index contributed by atoms with van der Waals surface area (Å²) < 4.78 is 7.59. The summed E-state index contributed by atoms with van der Waals surface area (Å²) in [4.78, 5) is 30.7. The van der Waals surface area contributed by atoms with Gasteiger partial charge < -0.3 is 30.5 Å². The highest BCUT2D eigenvalue weighted by molar-refractivity contribution is 5.98. The number of aromatic hydroxyl groups is 1. The monoisotopic (exact) mass is 429 g/mol. The lowest BCUT2D eigenvalue weighted by Crippen LogP contribution is -2.44. The number of phenolic OH excluding ortho intramolecular Hbond substituents is 1. The predicted molar refractivity (Wildman–Crippen MR) is 111 cm³/mol. The number of hydrogen-bond donors (Lipinski definition) is 4. The zero-order chi connectivity index (χ0) is 21.8. The molecule has 0 spiro atoms. The zero-order valence-electron chi connectivity index (χ0n) is 17.2. The maximum atomic E-state index is 12.8. The van der Waals surface area contributed by atoms with Crippen LogP contribution in [0.1, 0.15) is 41.5 Å². The van der Waals surface area contributed by atoms with Gasteiger partial charge in [0.15, 0.2) is 5.69 Å². The van der Waals surface area contributed by atoms with Crippen molar-refractivity contribution in [2.24, 2.45) is 0 Å². The van der Waals surface area contributed by atoms with Gasteiger partial charge in [-0.15, -0.1) is 0 Å². The number of benzene rings is 1. The number of anilines is 1. The van der Waals surface area contributed by atoms with E-state index in [1.54, 1.807) is 35.5 Å². The van der Waals surface area contributed by atoms with Crippen LogP contribution in [0.25, 0.3) is 0 Å². The van der Waals surface area contributed by atoms with Crippen LogP contribution >= 0.6 is 0 Å². The molecular weight excluding hydrogens is 402 g/mol. The van der Waals surface area contributed by atoms with Crippen molar-refractivity contribution >= 4 is 17.6 Å². The number of phenols is 1. The fourth-order valence-corrected chi connectivity index (χ4v) is 3.85. The quantitative estimate of drug-likeness (QED) is 0.489. The number of carbonyl (C=O) groups is 2. The number of fused-ring (bicyclic) bond motifs is 1. The molecule has 0 aliphatic carbocycles. The molecule has 1 aromatic heterocycles. The third kappa shape index (κ3) is 4.80. The van der Waals surface area contributed by atoms with Crippen molar-refractivity contribution in [2.75, 3.05) is 31.7 Å². The first-order valence-electron chi connectivity index (χ1n) is 10.5. The van der Waals surface area contributed by atoms with E-state index in [4.69, 9.17) is 4.74 Å². The Hall–Kier alpha value is -3.11. The lowest BCUT2D eigenvalue weighted by Gasteiger charge is -2.29. The maximum Gasteiger partial charge on any atom is 0.277 e. The Morgan fingerprint density at radius 3 is 2.84 bits per heavy atom. The average molecular weight is 429 g/mol. The van der Waals surface area contributed by atoms with Crippen LogP contribution in [0.3, 0.4) is 0 Å². The van der Waals surface area contributed by atoms with Crippen LogP contribution in [-0.4, -0.2) is 68.9 Å². The molecule has 10 nitrogen and oxygen atoms in total. The number of aromatic nitrogens is 2. The lowest BCUT2D eigenvalue weighted by molar-refractivity contribution is -0.121. The number of hydrogen-bond acceptors (Lipinski definition) is 7. The van der Waals surface area contributed by atoms with E-state index in [9.17, 15) is 19.8 Å². The Morgan fingerprint density at radius 2 is 2.10 bits per heavy atom. The van der Waals surface area contributed by atoms with Crippen LogP contribution in [0, 0.1) is 0 Å². The van der Waals surface area contributed by atoms with E-state index < -0.39 is 0 Å². The Kier molecular flexibility index (Phi) is 6.38. The van der Waals surface area contributed by atoms with Crippen LogP contribution in [0.15, 0.2) is 30.6 Å². The van der Waals surface area contributed by atoms with Gasteiger partial charge in [-0.2, -0.15) is 0 Å². The molecule has 2 amide bonds. The number of rotatable bonds is 8. The van der Waals surface area contributed by atoms with E-state index in [0.717, 1.165) is 18.4 Å². The third-order valence-electron chi connectivity index (χ3n) is 5.60. The molecular formula is C21H27N5O5. The van der Waals surface area contributed by atoms with Crippen molar-refractivity contribution in [1.82, 2.24) is 19.8 Å².